The van der Waals surface area contributed by atoms with E-state index in [1.807, 2.05) is 13.8 Å². The van der Waals surface area contributed by atoms with Crippen LogP contribution in [0.25, 0.3) is 0 Å². The number of nitrogens with zero attached hydrogens (tertiary/aromatic N) is 1. The Kier molecular flexibility index (Phi) is 6.20. The fraction of sp³-hybridized carbons (Fsp3) is 0.364. The molecule has 76 valence electrons. The molecule has 1 rings (SSSR count). The van der Waals surface area contributed by atoms with E-state index >= 15 is 0 Å². The number of hydrogen-bond donors (Lipinski definition) is 0. The Hall–Kier alpha value is -1.51. The molecule has 0 aliphatic heterocycles. The van der Waals surface area contributed by atoms with Crippen LogP contribution >= 0.6 is 0 Å². The predicted molar refractivity (Wildman–Crippen MR) is 57.3 cm³/mol. The monoisotopic (exact) mass is 193 g/mol. The van der Waals surface area contributed by atoms with Crippen molar-refractivity contribution in [2.75, 3.05) is 0 Å². The molecule has 1 aromatic rings. The molecule has 0 unspecified atom stereocenters. The van der Waals surface area contributed by atoms with Crippen molar-refractivity contribution in [2.45, 2.75) is 27.3 Å². The highest BCUT2D eigenvalue weighted by Crippen LogP contribution is 2.05. The van der Waals surface area contributed by atoms with E-state index in [2.05, 4.69) is 5.18 Å². The highest BCUT2D eigenvalue weighted by molar-refractivity contribution is 5.93. The first-order valence-electron chi connectivity index (χ1n) is 4.63. The van der Waals surface area contributed by atoms with Gasteiger partial charge in [-0.25, -0.2) is 0 Å². The lowest BCUT2D eigenvalue weighted by molar-refractivity contribution is 0.101. The molecule has 0 heterocycles. The number of hydrogen-bond acceptors (Lipinski definition) is 3. The zero-order valence-electron chi connectivity index (χ0n) is 8.78. The molecule has 0 aliphatic carbocycles. The molecule has 0 saturated carbocycles. The molecule has 0 aromatic heterocycles. The second-order valence-corrected chi connectivity index (χ2v) is 2.54. The third-order valence-electron chi connectivity index (χ3n) is 1.61. The van der Waals surface area contributed by atoms with Gasteiger partial charge in [0.25, 0.3) is 0 Å². The van der Waals surface area contributed by atoms with E-state index < -0.39 is 0 Å². The van der Waals surface area contributed by atoms with E-state index in [1.54, 1.807) is 24.3 Å². The lowest BCUT2D eigenvalue weighted by atomic mass is 10.1. The van der Waals surface area contributed by atoms with Crippen molar-refractivity contribution in [2.24, 2.45) is 5.18 Å². The van der Waals surface area contributed by atoms with Crippen LogP contribution in [0.15, 0.2) is 29.4 Å². The Morgan fingerprint density at radius 2 is 1.71 bits per heavy atom. The highest BCUT2D eigenvalue weighted by atomic mass is 16.3. The first-order valence-corrected chi connectivity index (χ1v) is 4.63. The minimum Gasteiger partial charge on any atom is -0.295 e. The van der Waals surface area contributed by atoms with Crippen molar-refractivity contribution in [3.63, 3.8) is 0 Å². The zero-order chi connectivity index (χ0) is 11.0. The Labute approximate surface area is 84.1 Å². The number of Topliss-reactive ketones (excluding diaryl/α,β-unsaturated/α-hetero) is 1. The van der Waals surface area contributed by atoms with Crippen molar-refractivity contribution in [3.05, 3.63) is 40.3 Å². The van der Waals surface area contributed by atoms with Crippen molar-refractivity contribution in [3.8, 4) is 0 Å². The molecule has 0 fully saturated rings. The van der Waals surface area contributed by atoms with E-state index in [-0.39, 0.29) is 12.3 Å². The third-order valence-corrected chi connectivity index (χ3v) is 1.61. The maximum atomic E-state index is 10.8. The molecule has 1 aromatic carbocycles. The molecule has 3 nitrogen and oxygen atoms in total. The molecular formula is C11H15NO2. The fourth-order valence-corrected chi connectivity index (χ4v) is 0.919. The van der Waals surface area contributed by atoms with Crippen LogP contribution < -0.4 is 0 Å². The lowest BCUT2D eigenvalue weighted by Gasteiger charge is -1.96. The van der Waals surface area contributed by atoms with Gasteiger partial charge < -0.3 is 0 Å². The van der Waals surface area contributed by atoms with Crippen LogP contribution in [-0.4, -0.2) is 5.78 Å². The number of carbonyl (C=O) groups is 1. The molecule has 0 bridgehead atoms. The Balaban J connectivity index is 0.000000791. The largest absolute Gasteiger partial charge is 0.295 e. The van der Waals surface area contributed by atoms with Crippen LogP contribution in [-0.2, 0) is 6.54 Å². The van der Waals surface area contributed by atoms with E-state index in [0.29, 0.717) is 5.56 Å². The number of rotatable bonds is 3. The van der Waals surface area contributed by atoms with Gasteiger partial charge in [0.1, 0.15) is 6.54 Å². The number of ketones is 1. The molecule has 0 amide bonds. The van der Waals surface area contributed by atoms with Crippen molar-refractivity contribution in [1.82, 2.24) is 0 Å². The Bertz CT molecular complexity index is 291. The van der Waals surface area contributed by atoms with Gasteiger partial charge >= 0.3 is 0 Å². The smallest absolute Gasteiger partial charge is 0.159 e. The molecule has 0 radical (unpaired) electrons. The standard InChI is InChI=1S/C9H9NO2.C2H6/c1-7(11)9-4-2-8(3-5-9)6-10-12;1-2/h2-5H,6H2,1H3;1-2H3. The molecule has 0 saturated heterocycles. The highest BCUT2D eigenvalue weighted by Gasteiger charge is 1.97. The summed E-state index contributed by atoms with van der Waals surface area (Å²) < 4.78 is 0. The van der Waals surface area contributed by atoms with Gasteiger partial charge in [0.2, 0.25) is 0 Å². The molecule has 0 atom stereocenters. The second-order valence-electron chi connectivity index (χ2n) is 2.54. The summed E-state index contributed by atoms with van der Waals surface area (Å²) in [6.07, 6.45) is 0. The summed E-state index contributed by atoms with van der Waals surface area (Å²) in [6.45, 7) is 5.67. The summed E-state index contributed by atoms with van der Waals surface area (Å²) in [7, 11) is 0. The van der Waals surface area contributed by atoms with E-state index in [4.69, 9.17) is 0 Å². The number of carbonyl (C=O) groups excluding carboxylic acids is 1. The van der Waals surface area contributed by atoms with Gasteiger partial charge in [0.15, 0.2) is 5.78 Å². The molecule has 0 N–H and O–H groups in total. The summed E-state index contributed by atoms with van der Waals surface area (Å²) in [5.74, 6) is 0.0283. The van der Waals surface area contributed by atoms with Crippen LogP contribution in [0.2, 0.25) is 0 Å². The molecule has 0 spiro atoms. The quantitative estimate of drug-likeness (QED) is 0.546. The normalized spacial score (nSPS) is 8.50. The topological polar surface area (TPSA) is 46.5 Å². The summed E-state index contributed by atoms with van der Waals surface area (Å²) >= 11 is 0. The van der Waals surface area contributed by atoms with Gasteiger partial charge in [-0.05, 0) is 12.5 Å². The van der Waals surface area contributed by atoms with Crippen LogP contribution in [0, 0.1) is 4.91 Å². The Morgan fingerprint density at radius 3 is 2.07 bits per heavy atom. The maximum Gasteiger partial charge on any atom is 0.159 e. The number of benzene rings is 1. The van der Waals surface area contributed by atoms with E-state index in [0.717, 1.165) is 5.56 Å². The van der Waals surface area contributed by atoms with Crippen LogP contribution in [0.3, 0.4) is 0 Å². The van der Waals surface area contributed by atoms with Gasteiger partial charge in [0.05, 0.1) is 0 Å². The van der Waals surface area contributed by atoms with Crippen molar-refractivity contribution in [1.29, 1.82) is 0 Å². The molecule has 14 heavy (non-hydrogen) atoms. The van der Waals surface area contributed by atoms with Gasteiger partial charge in [-0.2, -0.15) is 4.91 Å². The van der Waals surface area contributed by atoms with Crippen molar-refractivity contribution >= 4 is 5.78 Å². The molecule has 3 heteroatoms. The van der Waals surface area contributed by atoms with Crippen LogP contribution in [0.1, 0.15) is 36.7 Å². The van der Waals surface area contributed by atoms with Crippen LogP contribution in [0.4, 0.5) is 0 Å². The van der Waals surface area contributed by atoms with Crippen LogP contribution in [0.5, 0.6) is 0 Å². The average Bonchev–Trinajstić information content (AvgIpc) is 2.22. The van der Waals surface area contributed by atoms with Crippen molar-refractivity contribution < 1.29 is 4.79 Å². The van der Waals surface area contributed by atoms with E-state index in [9.17, 15) is 9.70 Å². The second kappa shape index (κ2) is 6.95. The third kappa shape index (κ3) is 3.94. The SMILES string of the molecule is CC.CC(=O)c1ccc(CN=O)cc1. The zero-order valence-corrected chi connectivity index (χ0v) is 8.78. The summed E-state index contributed by atoms with van der Waals surface area (Å²) in [5, 5.41) is 2.75. The molecule has 0 aliphatic rings. The molecular weight excluding hydrogens is 178 g/mol. The summed E-state index contributed by atoms with van der Waals surface area (Å²) in [6, 6.07) is 6.86. The van der Waals surface area contributed by atoms with Gasteiger partial charge in [-0.15, -0.1) is 0 Å². The maximum absolute atomic E-state index is 10.8. The predicted octanol–water partition coefficient (Wildman–Crippen LogP) is 3.18. The van der Waals surface area contributed by atoms with Gasteiger partial charge in [0, 0.05) is 5.56 Å². The summed E-state index contributed by atoms with van der Waals surface area (Å²) in [5.41, 5.74) is 1.49. The number of nitroso groups, excluding NO2 is 1. The minimum absolute atomic E-state index is 0.0283. The van der Waals surface area contributed by atoms with Gasteiger partial charge in [-0.1, -0.05) is 43.3 Å². The van der Waals surface area contributed by atoms with Gasteiger partial charge in [-0.3, -0.25) is 4.79 Å². The first kappa shape index (κ1) is 12.5. The minimum atomic E-state index is 0.0283. The summed E-state index contributed by atoms with van der Waals surface area (Å²) in [4.78, 5) is 20.7. The van der Waals surface area contributed by atoms with E-state index in [1.165, 1.54) is 6.92 Å². The average molecular weight is 193 g/mol. The lowest BCUT2D eigenvalue weighted by Crippen LogP contribution is -1.91. The fourth-order valence-electron chi connectivity index (χ4n) is 0.919. The Morgan fingerprint density at radius 1 is 1.21 bits per heavy atom. The first-order chi connectivity index (χ1) is 6.74.